The first-order valence-electron chi connectivity index (χ1n) is 10.9. The highest BCUT2D eigenvalue weighted by Crippen LogP contribution is 2.24. The van der Waals surface area contributed by atoms with E-state index in [9.17, 15) is 9.59 Å². The standard InChI is InChI=1S/C23H26N6O2/c1-16-8-2-3-10-18(16)25-21(30)15-27-19-11-4-5-12-20(19)29-22(27)26-28(23(29)31)14-17-9-6-7-13-24-17/h4-7,9,11-13,16,18H,2-3,8,10,14-15H2,1H3,(H,25,30)/t16-,18-/m1/s1. The number of aromatic nitrogens is 5. The minimum Gasteiger partial charge on any atom is -0.352 e. The van der Waals surface area contributed by atoms with Crippen LogP contribution in [0, 0.1) is 5.92 Å². The van der Waals surface area contributed by atoms with Crippen LogP contribution in [0.3, 0.4) is 0 Å². The molecule has 0 saturated heterocycles. The number of hydrogen-bond acceptors (Lipinski definition) is 4. The molecule has 1 saturated carbocycles. The molecule has 0 spiro atoms. The van der Waals surface area contributed by atoms with Gasteiger partial charge in [0.05, 0.1) is 23.3 Å². The molecule has 4 aromatic rings. The maximum absolute atomic E-state index is 13.1. The molecule has 1 amide bonds. The predicted octanol–water partition coefficient (Wildman–Crippen LogP) is 2.59. The van der Waals surface area contributed by atoms with Crippen LogP contribution >= 0.6 is 0 Å². The van der Waals surface area contributed by atoms with Gasteiger partial charge in [-0.15, -0.1) is 5.10 Å². The van der Waals surface area contributed by atoms with Gasteiger partial charge < -0.3 is 5.32 Å². The molecule has 1 fully saturated rings. The van der Waals surface area contributed by atoms with Gasteiger partial charge in [0.25, 0.3) is 0 Å². The molecule has 31 heavy (non-hydrogen) atoms. The van der Waals surface area contributed by atoms with E-state index in [0.29, 0.717) is 11.7 Å². The van der Waals surface area contributed by atoms with Gasteiger partial charge in [-0.25, -0.2) is 13.9 Å². The van der Waals surface area contributed by atoms with Crippen molar-refractivity contribution in [3.63, 3.8) is 0 Å². The second-order valence-corrected chi connectivity index (χ2v) is 8.41. The summed E-state index contributed by atoms with van der Waals surface area (Å²) in [5.74, 6) is 0.905. The van der Waals surface area contributed by atoms with Crippen LogP contribution in [-0.4, -0.2) is 35.7 Å². The Hall–Kier alpha value is -3.42. The summed E-state index contributed by atoms with van der Waals surface area (Å²) in [4.78, 5) is 30.4. The Morgan fingerprint density at radius 2 is 1.87 bits per heavy atom. The molecule has 1 N–H and O–H groups in total. The Kier molecular flexibility index (Phi) is 5.05. The van der Waals surface area contributed by atoms with E-state index in [2.05, 4.69) is 22.3 Å². The molecule has 1 aliphatic carbocycles. The summed E-state index contributed by atoms with van der Waals surface area (Å²) in [7, 11) is 0. The third kappa shape index (κ3) is 3.62. The van der Waals surface area contributed by atoms with E-state index in [-0.39, 0.29) is 30.7 Å². The Bertz CT molecular complexity index is 1290. The van der Waals surface area contributed by atoms with Crippen molar-refractivity contribution in [2.75, 3.05) is 0 Å². The highest BCUT2D eigenvalue weighted by Gasteiger charge is 2.24. The number of amides is 1. The first-order chi connectivity index (χ1) is 15.1. The monoisotopic (exact) mass is 418 g/mol. The summed E-state index contributed by atoms with van der Waals surface area (Å²) in [6.45, 7) is 2.61. The van der Waals surface area contributed by atoms with Gasteiger partial charge in [0.15, 0.2) is 0 Å². The fraction of sp³-hybridized carbons (Fsp3) is 0.391. The van der Waals surface area contributed by atoms with Crippen LogP contribution in [0.5, 0.6) is 0 Å². The van der Waals surface area contributed by atoms with Gasteiger partial charge in [-0.3, -0.25) is 14.3 Å². The largest absolute Gasteiger partial charge is 0.352 e. The fourth-order valence-corrected chi connectivity index (χ4v) is 4.60. The van der Waals surface area contributed by atoms with Crippen LogP contribution in [0.1, 0.15) is 38.3 Å². The molecule has 160 valence electrons. The zero-order valence-corrected chi connectivity index (χ0v) is 17.6. The second-order valence-electron chi connectivity index (χ2n) is 8.41. The van der Waals surface area contributed by atoms with Crippen molar-refractivity contribution >= 4 is 22.7 Å². The van der Waals surface area contributed by atoms with Gasteiger partial charge in [0.2, 0.25) is 11.7 Å². The molecule has 0 unspecified atom stereocenters. The first kappa shape index (κ1) is 19.5. The maximum atomic E-state index is 13.1. The topological polar surface area (TPSA) is 86.2 Å². The molecule has 5 rings (SSSR count). The minimum atomic E-state index is -0.239. The molecule has 3 aromatic heterocycles. The van der Waals surface area contributed by atoms with Crippen molar-refractivity contribution in [2.24, 2.45) is 5.92 Å². The molecule has 8 heteroatoms. The van der Waals surface area contributed by atoms with E-state index in [1.54, 1.807) is 10.6 Å². The van der Waals surface area contributed by atoms with Crippen LogP contribution in [0.4, 0.5) is 0 Å². The van der Waals surface area contributed by atoms with Crippen molar-refractivity contribution < 1.29 is 4.79 Å². The molecule has 0 radical (unpaired) electrons. The van der Waals surface area contributed by atoms with Crippen molar-refractivity contribution in [1.82, 2.24) is 29.0 Å². The molecule has 2 atom stereocenters. The van der Waals surface area contributed by atoms with Crippen molar-refractivity contribution in [3.8, 4) is 0 Å². The predicted molar refractivity (Wildman–Crippen MR) is 118 cm³/mol. The molecular weight excluding hydrogens is 392 g/mol. The van der Waals surface area contributed by atoms with Crippen LogP contribution in [0.2, 0.25) is 0 Å². The van der Waals surface area contributed by atoms with Gasteiger partial charge in [0.1, 0.15) is 6.54 Å². The molecule has 1 aromatic carbocycles. The third-order valence-corrected chi connectivity index (χ3v) is 6.27. The van der Waals surface area contributed by atoms with Crippen LogP contribution in [0.15, 0.2) is 53.5 Å². The summed E-state index contributed by atoms with van der Waals surface area (Å²) in [5.41, 5.74) is 2.08. The van der Waals surface area contributed by atoms with Gasteiger partial charge in [-0.05, 0) is 43.0 Å². The van der Waals surface area contributed by atoms with E-state index in [1.165, 1.54) is 11.1 Å². The van der Waals surface area contributed by atoms with E-state index in [4.69, 9.17) is 0 Å². The lowest BCUT2D eigenvalue weighted by Gasteiger charge is -2.29. The number of rotatable bonds is 5. The quantitative estimate of drug-likeness (QED) is 0.540. The molecule has 8 nitrogen and oxygen atoms in total. The highest BCUT2D eigenvalue weighted by molar-refractivity contribution is 5.84. The zero-order valence-electron chi connectivity index (χ0n) is 17.6. The lowest BCUT2D eigenvalue weighted by Crippen LogP contribution is -2.42. The van der Waals surface area contributed by atoms with Crippen LogP contribution in [0.25, 0.3) is 16.8 Å². The minimum absolute atomic E-state index is 0.0475. The number of para-hydroxylation sites is 2. The Balaban J connectivity index is 1.51. The number of nitrogens with zero attached hydrogens (tertiary/aromatic N) is 5. The van der Waals surface area contributed by atoms with Crippen molar-refractivity contribution in [1.29, 1.82) is 0 Å². The molecule has 0 aliphatic heterocycles. The molecule has 3 heterocycles. The number of benzene rings is 1. The number of imidazole rings is 1. The van der Waals surface area contributed by atoms with Crippen molar-refractivity contribution in [3.05, 3.63) is 64.8 Å². The number of hydrogen-bond donors (Lipinski definition) is 1. The third-order valence-electron chi connectivity index (χ3n) is 6.27. The Morgan fingerprint density at radius 1 is 1.10 bits per heavy atom. The van der Waals surface area contributed by atoms with E-state index < -0.39 is 0 Å². The van der Waals surface area contributed by atoms with E-state index in [0.717, 1.165) is 36.0 Å². The van der Waals surface area contributed by atoms with Crippen molar-refractivity contribution in [2.45, 2.75) is 51.7 Å². The number of fused-ring (bicyclic) bond motifs is 3. The maximum Gasteiger partial charge on any atom is 0.352 e. The van der Waals surface area contributed by atoms with Gasteiger partial charge >= 0.3 is 5.69 Å². The number of carbonyl (C=O) groups is 1. The number of pyridine rings is 1. The average Bonchev–Trinajstić information content (AvgIpc) is 3.25. The fourth-order valence-electron chi connectivity index (χ4n) is 4.60. The Labute approximate surface area is 179 Å². The lowest BCUT2D eigenvalue weighted by atomic mass is 9.86. The first-order valence-corrected chi connectivity index (χ1v) is 10.9. The summed E-state index contributed by atoms with van der Waals surface area (Å²) in [6, 6.07) is 13.4. The molecule has 0 bridgehead atoms. The van der Waals surface area contributed by atoms with Crippen LogP contribution in [-0.2, 0) is 17.9 Å². The summed E-state index contributed by atoms with van der Waals surface area (Å²) in [6.07, 6.45) is 6.25. The summed E-state index contributed by atoms with van der Waals surface area (Å²) in [5, 5.41) is 7.78. The van der Waals surface area contributed by atoms with Gasteiger partial charge in [-0.1, -0.05) is 38.0 Å². The Morgan fingerprint density at radius 3 is 2.65 bits per heavy atom. The van der Waals surface area contributed by atoms with E-state index in [1.807, 2.05) is 47.0 Å². The van der Waals surface area contributed by atoms with E-state index >= 15 is 0 Å². The number of nitrogens with one attached hydrogen (secondary N) is 1. The van der Waals surface area contributed by atoms with Gasteiger partial charge in [0, 0.05) is 12.2 Å². The smallest absolute Gasteiger partial charge is 0.352 e. The summed E-state index contributed by atoms with van der Waals surface area (Å²) < 4.78 is 4.81. The number of carbonyl (C=O) groups excluding carboxylic acids is 1. The molecule has 1 aliphatic rings. The second kappa shape index (κ2) is 8.02. The summed E-state index contributed by atoms with van der Waals surface area (Å²) >= 11 is 0. The lowest BCUT2D eigenvalue weighted by molar-refractivity contribution is -0.122. The zero-order chi connectivity index (χ0) is 21.4. The normalized spacial score (nSPS) is 19.1. The SMILES string of the molecule is C[C@@H]1CCCC[C@H]1NC(=O)Cn1c2ccccc2n2c(=O)n(Cc3ccccn3)nc12. The van der Waals surface area contributed by atoms with Gasteiger partial charge in [-0.2, -0.15) is 0 Å². The average molecular weight is 419 g/mol. The highest BCUT2D eigenvalue weighted by atomic mass is 16.2. The van der Waals surface area contributed by atoms with Crippen LogP contribution < -0.4 is 11.0 Å². The molecular formula is C23H26N6O2.